The number of para-hydroxylation sites is 1. The fraction of sp³-hybridized carbons (Fsp3) is 0.250. The Morgan fingerprint density at radius 1 is 1.12 bits per heavy atom. The van der Waals surface area contributed by atoms with E-state index in [2.05, 4.69) is 4.98 Å². The lowest BCUT2D eigenvalue weighted by atomic mass is 9.90. The molecule has 1 aliphatic heterocycles. The second-order valence-corrected chi connectivity index (χ2v) is 6.71. The van der Waals surface area contributed by atoms with Crippen LogP contribution in [-0.4, -0.2) is 44.5 Å². The maximum atomic E-state index is 13.1. The van der Waals surface area contributed by atoms with Crippen molar-refractivity contribution < 1.29 is 14.7 Å². The molecule has 0 saturated carbocycles. The lowest BCUT2D eigenvalue weighted by Gasteiger charge is -2.16. The first kappa shape index (κ1) is 16.3. The summed E-state index contributed by atoms with van der Waals surface area (Å²) >= 11 is 0. The van der Waals surface area contributed by atoms with Gasteiger partial charge < -0.3 is 14.6 Å². The highest BCUT2D eigenvalue weighted by atomic mass is 16.4. The largest absolute Gasteiger partial charge is 0.481 e. The number of aromatic nitrogens is 2. The van der Waals surface area contributed by atoms with Crippen molar-refractivity contribution >= 4 is 22.8 Å². The Bertz CT molecular complexity index is 980. The normalized spacial score (nSPS) is 19.8. The predicted molar refractivity (Wildman–Crippen MR) is 96.9 cm³/mol. The fourth-order valence-electron chi connectivity index (χ4n) is 3.85. The van der Waals surface area contributed by atoms with Crippen LogP contribution in [0.25, 0.3) is 10.9 Å². The number of benzene rings is 1. The first-order valence-corrected chi connectivity index (χ1v) is 8.52. The summed E-state index contributed by atoms with van der Waals surface area (Å²) in [7, 11) is 1.91. The zero-order valence-electron chi connectivity index (χ0n) is 14.4. The summed E-state index contributed by atoms with van der Waals surface area (Å²) in [5.74, 6) is -1.84. The van der Waals surface area contributed by atoms with Crippen molar-refractivity contribution in [2.75, 3.05) is 13.1 Å². The van der Waals surface area contributed by atoms with Gasteiger partial charge in [-0.15, -0.1) is 0 Å². The standard InChI is InChI=1S/C20H19N3O3/c1-22-10-16(14-4-2-3-5-18(14)22)19(24)23-11-15(17(12-23)20(25)26)13-6-8-21-9-7-13/h2-10,15,17H,11-12H2,1H3,(H,25,26). The number of rotatable bonds is 3. The molecule has 1 fully saturated rings. The third-order valence-corrected chi connectivity index (χ3v) is 5.19. The number of aliphatic carboxylic acids is 1. The molecule has 1 aromatic carbocycles. The second kappa shape index (κ2) is 6.29. The van der Waals surface area contributed by atoms with Crippen molar-refractivity contribution in [3.05, 3.63) is 66.1 Å². The van der Waals surface area contributed by atoms with Crippen molar-refractivity contribution in [3.8, 4) is 0 Å². The van der Waals surface area contributed by atoms with Crippen molar-refractivity contribution in [2.45, 2.75) is 5.92 Å². The Balaban J connectivity index is 1.67. The van der Waals surface area contributed by atoms with Gasteiger partial charge in [-0.05, 0) is 23.8 Å². The molecule has 1 amide bonds. The first-order chi connectivity index (χ1) is 12.6. The van der Waals surface area contributed by atoms with Gasteiger partial charge >= 0.3 is 5.97 Å². The lowest BCUT2D eigenvalue weighted by Crippen LogP contribution is -2.29. The molecule has 1 saturated heterocycles. The van der Waals surface area contributed by atoms with E-state index in [1.54, 1.807) is 17.3 Å². The monoisotopic (exact) mass is 349 g/mol. The Morgan fingerprint density at radius 2 is 1.85 bits per heavy atom. The number of fused-ring (bicyclic) bond motifs is 1. The first-order valence-electron chi connectivity index (χ1n) is 8.52. The molecular formula is C20H19N3O3. The van der Waals surface area contributed by atoms with Crippen LogP contribution in [0.15, 0.2) is 55.0 Å². The second-order valence-electron chi connectivity index (χ2n) is 6.71. The third kappa shape index (κ3) is 2.63. The van der Waals surface area contributed by atoms with E-state index < -0.39 is 11.9 Å². The van der Waals surface area contributed by atoms with E-state index in [0.717, 1.165) is 16.5 Å². The van der Waals surface area contributed by atoms with Gasteiger partial charge in [0, 0.05) is 55.5 Å². The number of nitrogens with zero attached hydrogens (tertiary/aromatic N) is 3. The van der Waals surface area contributed by atoms with Crippen LogP contribution in [-0.2, 0) is 11.8 Å². The number of hydrogen-bond acceptors (Lipinski definition) is 3. The van der Waals surface area contributed by atoms with Gasteiger partial charge in [-0.25, -0.2) is 0 Å². The van der Waals surface area contributed by atoms with Gasteiger partial charge in [0.2, 0.25) is 0 Å². The number of hydrogen-bond donors (Lipinski definition) is 1. The number of aryl methyl sites for hydroxylation is 1. The smallest absolute Gasteiger partial charge is 0.308 e. The SMILES string of the molecule is Cn1cc(C(=O)N2CC(C(=O)O)C(c3ccncc3)C2)c2ccccc21. The van der Waals surface area contributed by atoms with Crippen LogP contribution in [0, 0.1) is 5.92 Å². The van der Waals surface area contributed by atoms with E-state index in [4.69, 9.17) is 0 Å². The van der Waals surface area contributed by atoms with E-state index in [9.17, 15) is 14.7 Å². The third-order valence-electron chi connectivity index (χ3n) is 5.19. The summed E-state index contributed by atoms with van der Waals surface area (Å²) in [6.07, 6.45) is 5.13. The highest BCUT2D eigenvalue weighted by Crippen LogP contribution is 2.34. The van der Waals surface area contributed by atoms with E-state index in [-0.39, 0.29) is 18.4 Å². The van der Waals surface area contributed by atoms with Crippen LogP contribution in [0.4, 0.5) is 0 Å². The van der Waals surface area contributed by atoms with E-state index in [1.165, 1.54) is 0 Å². The van der Waals surface area contributed by atoms with Gasteiger partial charge in [0.25, 0.3) is 5.91 Å². The van der Waals surface area contributed by atoms with Crippen LogP contribution in [0.2, 0.25) is 0 Å². The Kier molecular flexibility index (Phi) is 3.95. The van der Waals surface area contributed by atoms with Crippen molar-refractivity contribution in [1.29, 1.82) is 0 Å². The van der Waals surface area contributed by atoms with Crippen LogP contribution in [0.1, 0.15) is 21.8 Å². The fourth-order valence-corrected chi connectivity index (χ4v) is 3.85. The van der Waals surface area contributed by atoms with Crippen LogP contribution in [0.5, 0.6) is 0 Å². The predicted octanol–water partition coefficient (Wildman–Crippen LogP) is 2.51. The van der Waals surface area contributed by atoms with E-state index in [1.807, 2.05) is 54.2 Å². The molecule has 1 N–H and O–H groups in total. The molecule has 3 heterocycles. The van der Waals surface area contributed by atoms with Crippen LogP contribution in [0.3, 0.4) is 0 Å². The van der Waals surface area contributed by atoms with Crippen molar-refractivity contribution in [2.24, 2.45) is 13.0 Å². The molecule has 4 rings (SSSR count). The number of carbonyl (C=O) groups excluding carboxylic acids is 1. The van der Waals surface area contributed by atoms with Gasteiger partial charge in [0.05, 0.1) is 11.5 Å². The summed E-state index contributed by atoms with van der Waals surface area (Å²) in [6.45, 7) is 0.605. The summed E-state index contributed by atoms with van der Waals surface area (Å²) in [5.41, 5.74) is 2.50. The minimum Gasteiger partial charge on any atom is -0.481 e. The number of carboxylic acid groups (broad SMARTS) is 1. The minimum atomic E-state index is -0.875. The van der Waals surface area contributed by atoms with Crippen LogP contribution < -0.4 is 0 Å². The average Bonchev–Trinajstić information content (AvgIpc) is 3.25. The number of carbonyl (C=O) groups is 2. The van der Waals surface area contributed by atoms with Crippen molar-refractivity contribution in [1.82, 2.24) is 14.5 Å². The van der Waals surface area contributed by atoms with E-state index in [0.29, 0.717) is 12.1 Å². The lowest BCUT2D eigenvalue weighted by molar-refractivity contribution is -0.141. The van der Waals surface area contributed by atoms with Gasteiger partial charge in [0.1, 0.15) is 0 Å². The molecule has 1 aliphatic rings. The molecule has 132 valence electrons. The summed E-state index contributed by atoms with van der Waals surface area (Å²) in [4.78, 5) is 30.5. The summed E-state index contributed by atoms with van der Waals surface area (Å²) in [6, 6.07) is 11.4. The maximum Gasteiger partial charge on any atom is 0.308 e. The van der Waals surface area contributed by atoms with Crippen molar-refractivity contribution in [3.63, 3.8) is 0 Å². The molecule has 2 atom stereocenters. The highest BCUT2D eigenvalue weighted by Gasteiger charge is 2.41. The number of carboxylic acids is 1. The molecule has 26 heavy (non-hydrogen) atoms. The van der Waals surface area contributed by atoms with Gasteiger partial charge in [0.15, 0.2) is 0 Å². The van der Waals surface area contributed by atoms with E-state index >= 15 is 0 Å². The van der Waals surface area contributed by atoms with Crippen LogP contribution >= 0.6 is 0 Å². The molecule has 6 heteroatoms. The summed E-state index contributed by atoms with van der Waals surface area (Å²) in [5, 5.41) is 10.5. The Morgan fingerprint density at radius 3 is 2.58 bits per heavy atom. The number of likely N-dealkylation sites (tertiary alicyclic amines) is 1. The number of pyridine rings is 1. The van der Waals surface area contributed by atoms with Gasteiger partial charge in [-0.2, -0.15) is 0 Å². The highest BCUT2D eigenvalue weighted by molar-refractivity contribution is 6.07. The summed E-state index contributed by atoms with van der Waals surface area (Å²) < 4.78 is 1.92. The van der Waals surface area contributed by atoms with Gasteiger partial charge in [-0.1, -0.05) is 18.2 Å². The minimum absolute atomic E-state index is 0.121. The molecule has 2 aromatic heterocycles. The molecule has 0 bridgehead atoms. The molecule has 3 aromatic rings. The Hall–Kier alpha value is -3.15. The molecule has 0 radical (unpaired) electrons. The molecule has 0 spiro atoms. The quantitative estimate of drug-likeness (QED) is 0.788. The molecule has 0 aliphatic carbocycles. The topological polar surface area (TPSA) is 75.4 Å². The number of amides is 1. The molecule has 6 nitrogen and oxygen atoms in total. The maximum absolute atomic E-state index is 13.1. The zero-order chi connectivity index (χ0) is 18.3. The Labute approximate surface area is 150 Å². The van der Waals surface area contributed by atoms with Gasteiger partial charge in [-0.3, -0.25) is 14.6 Å². The average molecular weight is 349 g/mol. The molecular weight excluding hydrogens is 330 g/mol. The zero-order valence-corrected chi connectivity index (χ0v) is 14.4. The molecule has 2 unspecified atom stereocenters.